The van der Waals surface area contributed by atoms with Crippen LogP contribution in [0.2, 0.25) is 0 Å². The Labute approximate surface area is 144 Å². The highest BCUT2D eigenvalue weighted by Gasteiger charge is 2.58. The summed E-state index contributed by atoms with van der Waals surface area (Å²) in [5.41, 5.74) is 0.512. The van der Waals surface area contributed by atoms with Crippen LogP contribution in [0.4, 0.5) is 4.39 Å². The number of amides is 1. The van der Waals surface area contributed by atoms with E-state index >= 15 is 0 Å². The number of alkyl halides is 1. The summed E-state index contributed by atoms with van der Waals surface area (Å²) in [5.74, 6) is -0.883. The van der Waals surface area contributed by atoms with Gasteiger partial charge in [0.2, 0.25) is 5.91 Å². The quantitative estimate of drug-likeness (QED) is 0.640. The third kappa shape index (κ3) is 2.75. The number of aldehydes is 1. The number of allylic oxidation sites excluding steroid dienone is 2. The lowest BCUT2D eigenvalue weighted by Gasteiger charge is -2.15. The molecule has 1 aliphatic heterocycles. The van der Waals surface area contributed by atoms with Crippen molar-refractivity contribution in [1.82, 2.24) is 14.9 Å². The predicted octanol–water partition coefficient (Wildman–Crippen LogP) is 3.10. The van der Waals surface area contributed by atoms with Crippen molar-refractivity contribution in [3.8, 4) is 0 Å². The van der Waals surface area contributed by atoms with Crippen LogP contribution in [0.3, 0.4) is 0 Å². The minimum atomic E-state index is -1.52. The summed E-state index contributed by atoms with van der Waals surface area (Å²) in [4.78, 5) is 28.3. The van der Waals surface area contributed by atoms with Crippen molar-refractivity contribution in [2.75, 3.05) is 0 Å². The Morgan fingerprint density at radius 1 is 1.44 bits per heavy atom. The number of rotatable bonds is 1. The number of aromatic nitrogens is 2. The van der Waals surface area contributed by atoms with Gasteiger partial charge in [-0.15, -0.1) is 0 Å². The Balaban J connectivity index is 1.75. The van der Waals surface area contributed by atoms with E-state index < -0.39 is 11.6 Å². The Hall–Kier alpha value is -2.50. The number of nitrogens with one attached hydrogen (secondary N) is 1. The monoisotopic (exact) mass is 341 g/mol. The zero-order valence-electron chi connectivity index (χ0n) is 14.0. The Bertz CT molecular complexity index is 888. The van der Waals surface area contributed by atoms with Crippen LogP contribution in [0.15, 0.2) is 30.4 Å². The molecule has 130 valence electrons. The first kappa shape index (κ1) is 16.0. The molecular formula is C19H20FN3O2. The summed E-state index contributed by atoms with van der Waals surface area (Å²) in [7, 11) is 0. The van der Waals surface area contributed by atoms with Crippen LogP contribution in [0, 0.1) is 5.92 Å². The minimum Gasteiger partial charge on any atom is -0.348 e. The summed E-state index contributed by atoms with van der Waals surface area (Å²) < 4.78 is 16.4. The molecule has 2 aromatic rings. The molecule has 3 heterocycles. The number of pyridine rings is 1. The van der Waals surface area contributed by atoms with Gasteiger partial charge in [-0.05, 0) is 38.0 Å². The van der Waals surface area contributed by atoms with Gasteiger partial charge in [-0.1, -0.05) is 12.2 Å². The van der Waals surface area contributed by atoms with Crippen molar-refractivity contribution in [2.24, 2.45) is 5.92 Å². The summed E-state index contributed by atoms with van der Waals surface area (Å²) >= 11 is 0. The maximum atomic E-state index is 14.5. The van der Waals surface area contributed by atoms with E-state index in [0.29, 0.717) is 24.4 Å². The fourth-order valence-corrected chi connectivity index (χ4v) is 3.52. The minimum absolute atomic E-state index is 0.240. The smallest absolute Gasteiger partial charge is 0.227 e. The zero-order valence-corrected chi connectivity index (χ0v) is 14.0. The van der Waals surface area contributed by atoms with Gasteiger partial charge in [0.1, 0.15) is 11.3 Å². The maximum absolute atomic E-state index is 14.5. The lowest BCUT2D eigenvalue weighted by molar-refractivity contribution is -0.123. The summed E-state index contributed by atoms with van der Waals surface area (Å²) in [5, 5.41) is 3.76. The van der Waals surface area contributed by atoms with Crippen molar-refractivity contribution in [3.05, 3.63) is 41.7 Å². The second-order valence-corrected chi connectivity index (χ2v) is 6.95. The summed E-state index contributed by atoms with van der Waals surface area (Å²) in [6, 6.07) is 5.25. The molecule has 1 N–H and O–H groups in total. The number of halogens is 1. The molecule has 6 heteroatoms. The van der Waals surface area contributed by atoms with E-state index in [1.54, 1.807) is 6.08 Å². The van der Waals surface area contributed by atoms with Gasteiger partial charge in [0.15, 0.2) is 6.29 Å². The molecule has 5 nitrogen and oxygen atoms in total. The highest BCUT2D eigenvalue weighted by atomic mass is 19.1. The van der Waals surface area contributed by atoms with Crippen molar-refractivity contribution < 1.29 is 14.0 Å². The molecule has 0 spiro atoms. The zero-order chi connectivity index (χ0) is 17.6. The van der Waals surface area contributed by atoms with E-state index in [-0.39, 0.29) is 18.4 Å². The van der Waals surface area contributed by atoms with E-state index in [0.717, 1.165) is 23.7 Å². The van der Waals surface area contributed by atoms with E-state index in [2.05, 4.69) is 10.3 Å². The van der Waals surface area contributed by atoms with Crippen LogP contribution in [0.5, 0.6) is 0 Å². The van der Waals surface area contributed by atoms with E-state index in [9.17, 15) is 14.0 Å². The molecule has 0 aromatic carbocycles. The fraction of sp³-hybridized carbons (Fsp3) is 0.421. The van der Waals surface area contributed by atoms with Gasteiger partial charge in [0.25, 0.3) is 0 Å². The van der Waals surface area contributed by atoms with Gasteiger partial charge in [0, 0.05) is 18.4 Å². The molecule has 2 aromatic heterocycles. The van der Waals surface area contributed by atoms with Gasteiger partial charge in [0.05, 0.1) is 23.3 Å². The largest absolute Gasteiger partial charge is 0.348 e. The molecule has 2 bridgehead atoms. The summed E-state index contributed by atoms with van der Waals surface area (Å²) in [6.07, 6.45) is 5.86. The van der Waals surface area contributed by atoms with Crippen molar-refractivity contribution in [2.45, 2.75) is 44.4 Å². The van der Waals surface area contributed by atoms with Gasteiger partial charge in [-0.25, -0.2) is 9.37 Å². The topological polar surface area (TPSA) is 64.0 Å². The van der Waals surface area contributed by atoms with Gasteiger partial charge >= 0.3 is 0 Å². The summed E-state index contributed by atoms with van der Waals surface area (Å²) in [6.45, 7) is 2.48. The normalized spacial score (nSPS) is 30.4. The van der Waals surface area contributed by atoms with Crippen molar-refractivity contribution in [3.63, 3.8) is 0 Å². The molecule has 0 unspecified atom stereocenters. The molecule has 1 amide bonds. The average Bonchev–Trinajstić information content (AvgIpc) is 3.15. The molecule has 2 aliphatic rings. The third-order valence-corrected chi connectivity index (χ3v) is 5.12. The van der Waals surface area contributed by atoms with E-state index in [1.165, 1.54) is 6.08 Å². The molecule has 1 fully saturated rings. The Kier molecular flexibility index (Phi) is 3.71. The number of fused-ring (bicyclic) bond motifs is 2. The first-order chi connectivity index (χ1) is 12.0. The van der Waals surface area contributed by atoms with E-state index in [4.69, 9.17) is 0 Å². The number of hydrogen-bond acceptors (Lipinski definition) is 3. The second kappa shape index (κ2) is 5.79. The van der Waals surface area contributed by atoms with Gasteiger partial charge in [-0.3, -0.25) is 9.59 Å². The van der Waals surface area contributed by atoms with Gasteiger partial charge in [-0.2, -0.15) is 0 Å². The number of hydrogen-bond donors (Lipinski definition) is 1. The van der Waals surface area contributed by atoms with Crippen molar-refractivity contribution in [1.29, 1.82) is 0 Å². The van der Waals surface area contributed by atoms with Crippen LogP contribution >= 0.6 is 0 Å². The molecule has 1 saturated carbocycles. The predicted molar refractivity (Wildman–Crippen MR) is 92.0 cm³/mol. The first-order valence-corrected chi connectivity index (χ1v) is 8.64. The fourth-order valence-electron chi connectivity index (χ4n) is 3.52. The van der Waals surface area contributed by atoms with Crippen LogP contribution in [0.25, 0.3) is 11.0 Å². The molecule has 3 atom stereocenters. The molecule has 0 saturated heterocycles. The SMILES string of the molecule is C[C@H]1NC(=O)[C@@H]2C[C@@]2(F)/C=C/CCCn2c(C=O)cc3ccc1nc32. The standard InChI is InChI=1S/C19H20FN3O2/c1-12-16-6-5-13-9-14(11-24)23(17(13)22-16)8-4-2-3-7-19(20)10-15(19)18(25)21-12/h3,5-7,9,11-12,15H,2,4,8,10H2,1H3,(H,21,25)/b7-3+/t12-,15+,19+/m1/s1. The maximum Gasteiger partial charge on any atom is 0.227 e. The number of carbonyl (C=O) groups is 2. The van der Waals surface area contributed by atoms with Crippen LogP contribution in [0.1, 0.15) is 48.4 Å². The highest BCUT2D eigenvalue weighted by Crippen LogP contribution is 2.49. The Morgan fingerprint density at radius 3 is 3.08 bits per heavy atom. The molecule has 1 aliphatic carbocycles. The lowest BCUT2D eigenvalue weighted by atomic mass is 10.1. The molecule has 0 radical (unpaired) electrons. The first-order valence-electron chi connectivity index (χ1n) is 8.64. The molecule has 4 rings (SSSR count). The Morgan fingerprint density at radius 2 is 2.28 bits per heavy atom. The van der Waals surface area contributed by atoms with E-state index in [1.807, 2.05) is 29.7 Å². The highest BCUT2D eigenvalue weighted by molar-refractivity contribution is 5.87. The van der Waals surface area contributed by atoms with Crippen LogP contribution in [-0.4, -0.2) is 27.4 Å². The average molecular weight is 341 g/mol. The van der Waals surface area contributed by atoms with Crippen molar-refractivity contribution >= 4 is 23.2 Å². The molecule has 25 heavy (non-hydrogen) atoms. The van der Waals surface area contributed by atoms with Gasteiger partial charge < -0.3 is 9.88 Å². The number of carbonyl (C=O) groups excluding carboxylic acids is 2. The number of aryl methyl sites for hydroxylation is 1. The third-order valence-electron chi connectivity index (χ3n) is 5.12. The van der Waals surface area contributed by atoms with Crippen LogP contribution in [-0.2, 0) is 11.3 Å². The number of nitrogens with zero attached hydrogens (tertiary/aromatic N) is 2. The second-order valence-electron chi connectivity index (χ2n) is 6.95. The van der Waals surface area contributed by atoms with Crippen LogP contribution < -0.4 is 5.32 Å². The lowest BCUT2D eigenvalue weighted by Crippen LogP contribution is -2.30. The molecular weight excluding hydrogens is 321 g/mol.